The second kappa shape index (κ2) is 4.00. The molecule has 0 unspecified atom stereocenters. The number of nitrogens with zero attached hydrogens (tertiary/aromatic N) is 1. The summed E-state index contributed by atoms with van der Waals surface area (Å²) in [6.07, 6.45) is 0.903. The van der Waals surface area contributed by atoms with Crippen LogP contribution in [-0.4, -0.2) is 11.2 Å². The monoisotopic (exact) mass is 205 g/mol. The minimum absolute atomic E-state index is 0.148. The van der Waals surface area contributed by atoms with Gasteiger partial charge in [0.05, 0.1) is 18.1 Å². The van der Waals surface area contributed by atoms with Gasteiger partial charge in [0, 0.05) is 5.92 Å². The van der Waals surface area contributed by atoms with Gasteiger partial charge >= 0.3 is 0 Å². The fraction of sp³-hybridized carbons (Fsp3) is 0.417. The van der Waals surface area contributed by atoms with Crippen LogP contribution in [0.15, 0.2) is 24.3 Å². The Balaban J connectivity index is 2.29. The highest BCUT2D eigenvalue weighted by Crippen LogP contribution is 2.39. The molecule has 1 aromatic rings. The minimum Gasteiger partial charge on any atom is -0.392 e. The van der Waals surface area contributed by atoms with E-state index < -0.39 is 6.10 Å². The van der Waals surface area contributed by atoms with E-state index in [-0.39, 0.29) is 17.7 Å². The Morgan fingerprint density at radius 1 is 1.27 bits per heavy atom. The van der Waals surface area contributed by atoms with Crippen molar-refractivity contribution in [3.8, 4) is 6.07 Å². The molecule has 3 atom stereocenters. The molecule has 0 saturated heterocycles. The summed E-state index contributed by atoms with van der Waals surface area (Å²) in [7, 11) is 0. The van der Waals surface area contributed by atoms with Crippen molar-refractivity contribution in [2.45, 2.75) is 24.9 Å². The molecule has 0 aromatic heterocycles. The Morgan fingerprint density at radius 3 is 2.53 bits per heavy atom. The standard InChI is InChI=1S/C12H12FNO/c13-10-4-1-8(2-5-10)12-9(7-14)3-6-11(12)15/h1-2,4-5,9,11-12,15H,3,6H2/t9-,11+,12-/m0/s1. The molecule has 0 radical (unpaired) electrons. The first-order chi connectivity index (χ1) is 7.22. The highest BCUT2D eigenvalue weighted by atomic mass is 19.1. The molecular weight excluding hydrogens is 193 g/mol. The number of nitriles is 1. The molecule has 0 amide bonds. The van der Waals surface area contributed by atoms with E-state index in [1.165, 1.54) is 12.1 Å². The van der Waals surface area contributed by atoms with Gasteiger partial charge in [-0.1, -0.05) is 12.1 Å². The Labute approximate surface area is 88.0 Å². The SMILES string of the molecule is N#C[C@@H]1CC[C@@H](O)[C@H]1c1ccc(F)cc1. The summed E-state index contributed by atoms with van der Waals surface area (Å²) in [5, 5.41) is 18.7. The minimum atomic E-state index is -0.472. The summed E-state index contributed by atoms with van der Waals surface area (Å²) in [5.74, 6) is -0.596. The molecule has 0 bridgehead atoms. The zero-order valence-corrected chi connectivity index (χ0v) is 8.23. The maximum Gasteiger partial charge on any atom is 0.123 e. The molecule has 1 aromatic carbocycles. The smallest absolute Gasteiger partial charge is 0.123 e. The van der Waals surface area contributed by atoms with E-state index in [9.17, 15) is 9.50 Å². The molecule has 1 aliphatic carbocycles. The second-order valence-electron chi connectivity index (χ2n) is 3.96. The number of benzene rings is 1. The number of rotatable bonds is 1. The van der Waals surface area contributed by atoms with Crippen molar-refractivity contribution in [3.63, 3.8) is 0 Å². The highest BCUT2D eigenvalue weighted by Gasteiger charge is 2.35. The van der Waals surface area contributed by atoms with Gasteiger partial charge in [0.15, 0.2) is 0 Å². The molecule has 1 N–H and O–H groups in total. The first-order valence-corrected chi connectivity index (χ1v) is 5.05. The lowest BCUT2D eigenvalue weighted by molar-refractivity contribution is 0.159. The van der Waals surface area contributed by atoms with Crippen molar-refractivity contribution < 1.29 is 9.50 Å². The van der Waals surface area contributed by atoms with Crippen molar-refractivity contribution in [2.75, 3.05) is 0 Å². The predicted molar refractivity (Wildman–Crippen MR) is 53.5 cm³/mol. The molecular formula is C12H12FNO. The topological polar surface area (TPSA) is 44.0 Å². The zero-order chi connectivity index (χ0) is 10.8. The van der Waals surface area contributed by atoms with Gasteiger partial charge in [-0.2, -0.15) is 5.26 Å². The molecule has 78 valence electrons. The van der Waals surface area contributed by atoms with Gasteiger partial charge in [-0.25, -0.2) is 4.39 Å². The Kier molecular flexibility index (Phi) is 2.70. The van der Waals surface area contributed by atoms with Gasteiger partial charge in [0.2, 0.25) is 0 Å². The second-order valence-corrected chi connectivity index (χ2v) is 3.96. The van der Waals surface area contributed by atoms with Gasteiger partial charge in [-0.05, 0) is 30.5 Å². The third-order valence-electron chi connectivity index (χ3n) is 3.04. The van der Waals surface area contributed by atoms with Crippen molar-refractivity contribution in [2.24, 2.45) is 5.92 Å². The molecule has 0 heterocycles. The Bertz CT molecular complexity index is 382. The number of aliphatic hydroxyl groups is 1. The molecule has 1 fully saturated rings. The van der Waals surface area contributed by atoms with Gasteiger partial charge in [-0.3, -0.25) is 0 Å². The lowest BCUT2D eigenvalue weighted by Gasteiger charge is -2.17. The van der Waals surface area contributed by atoms with Gasteiger partial charge in [0.25, 0.3) is 0 Å². The van der Waals surface area contributed by atoms with Gasteiger partial charge in [-0.15, -0.1) is 0 Å². The van der Waals surface area contributed by atoms with Crippen LogP contribution < -0.4 is 0 Å². The van der Waals surface area contributed by atoms with Crippen LogP contribution in [0.1, 0.15) is 24.3 Å². The van der Waals surface area contributed by atoms with E-state index in [1.54, 1.807) is 12.1 Å². The molecule has 3 heteroatoms. The largest absolute Gasteiger partial charge is 0.392 e. The maximum absolute atomic E-state index is 12.7. The zero-order valence-electron chi connectivity index (χ0n) is 8.23. The summed E-state index contributed by atoms with van der Waals surface area (Å²) >= 11 is 0. The summed E-state index contributed by atoms with van der Waals surface area (Å²) in [6, 6.07) is 8.25. The fourth-order valence-corrected chi connectivity index (χ4v) is 2.26. The lowest BCUT2D eigenvalue weighted by Crippen LogP contribution is -2.16. The van der Waals surface area contributed by atoms with Gasteiger partial charge < -0.3 is 5.11 Å². The summed E-state index contributed by atoms with van der Waals surface area (Å²) in [6.45, 7) is 0. The first kappa shape index (κ1) is 10.1. The number of aliphatic hydroxyl groups excluding tert-OH is 1. The van der Waals surface area contributed by atoms with Crippen molar-refractivity contribution in [1.29, 1.82) is 5.26 Å². The van der Waals surface area contributed by atoms with E-state index >= 15 is 0 Å². The highest BCUT2D eigenvalue weighted by molar-refractivity contribution is 5.25. The van der Waals surface area contributed by atoms with Crippen LogP contribution >= 0.6 is 0 Å². The third kappa shape index (κ3) is 1.86. The Hall–Kier alpha value is -1.40. The van der Waals surface area contributed by atoms with E-state index in [0.29, 0.717) is 6.42 Å². The van der Waals surface area contributed by atoms with Crippen molar-refractivity contribution >= 4 is 0 Å². The normalized spacial score (nSPS) is 30.1. The Morgan fingerprint density at radius 2 is 1.93 bits per heavy atom. The quantitative estimate of drug-likeness (QED) is 0.763. The maximum atomic E-state index is 12.7. The van der Waals surface area contributed by atoms with Crippen LogP contribution in [0.25, 0.3) is 0 Å². The number of halogens is 1. The van der Waals surface area contributed by atoms with Crippen LogP contribution in [0.4, 0.5) is 4.39 Å². The van der Waals surface area contributed by atoms with E-state index in [2.05, 4.69) is 6.07 Å². The molecule has 2 nitrogen and oxygen atoms in total. The average molecular weight is 205 g/mol. The number of hydrogen-bond donors (Lipinski definition) is 1. The predicted octanol–water partition coefficient (Wildman–Crippen LogP) is 2.20. The summed E-state index contributed by atoms with van der Waals surface area (Å²) in [5.41, 5.74) is 0.855. The van der Waals surface area contributed by atoms with Crippen LogP contribution in [0.3, 0.4) is 0 Å². The van der Waals surface area contributed by atoms with Crippen molar-refractivity contribution in [1.82, 2.24) is 0 Å². The van der Waals surface area contributed by atoms with E-state index in [4.69, 9.17) is 5.26 Å². The third-order valence-corrected chi connectivity index (χ3v) is 3.04. The molecule has 15 heavy (non-hydrogen) atoms. The molecule has 1 saturated carbocycles. The average Bonchev–Trinajstić information content (AvgIpc) is 2.61. The van der Waals surface area contributed by atoms with Crippen LogP contribution in [0.5, 0.6) is 0 Å². The van der Waals surface area contributed by atoms with E-state index in [0.717, 1.165) is 12.0 Å². The summed E-state index contributed by atoms with van der Waals surface area (Å²) < 4.78 is 12.7. The van der Waals surface area contributed by atoms with Crippen LogP contribution in [-0.2, 0) is 0 Å². The molecule has 1 aliphatic rings. The molecule has 0 spiro atoms. The van der Waals surface area contributed by atoms with Gasteiger partial charge in [0.1, 0.15) is 5.82 Å². The van der Waals surface area contributed by atoms with Crippen LogP contribution in [0, 0.1) is 23.1 Å². The molecule has 0 aliphatic heterocycles. The number of hydrogen-bond acceptors (Lipinski definition) is 2. The van der Waals surface area contributed by atoms with E-state index in [1.807, 2.05) is 0 Å². The molecule has 2 rings (SSSR count). The summed E-state index contributed by atoms with van der Waals surface area (Å²) in [4.78, 5) is 0. The fourth-order valence-electron chi connectivity index (χ4n) is 2.26. The van der Waals surface area contributed by atoms with Crippen molar-refractivity contribution in [3.05, 3.63) is 35.6 Å². The lowest BCUT2D eigenvalue weighted by atomic mass is 9.88. The first-order valence-electron chi connectivity index (χ1n) is 5.05. The van der Waals surface area contributed by atoms with Crippen LogP contribution in [0.2, 0.25) is 0 Å².